The summed E-state index contributed by atoms with van der Waals surface area (Å²) in [7, 11) is 0. The van der Waals surface area contributed by atoms with E-state index in [4.69, 9.17) is 4.74 Å². The Bertz CT molecular complexity index is 892. The first-order valence-electron chi connectivity index (χ1n) is 12.9. The number of carbonyl (C=O) groups excluding carboxylic acids is 3. The van der Waals surface area contributed by atoms with E-state index in [2.05, 4.69) is 29.1 Å². The molecule has 0 aromatic rings. The van der Waals surface area contributed by atoms with Crippen molar-refractivity contribution >= 4 is 45.5 Å². The number of aliphatic hydroxyl groups is 1. The van der Waals surface area contributed by atoms with E-state index in [1.807, 2.05) is 34.6 Å². The third-order valence-corrected chi connectivity index (χ3v) is 11.3. The van der Waals surface area contributed by atoms with Crippen LogP contribution in [-0.4, -0.2) is 84.9 Å². The van der Waals surface area contributed by atoms with E-state index in [0.29, 0.717) is 19.4 Å². The Morgan fingerprint density at radius 1 is 1.36 bits per heavy atom. The Morgan fingerprint density at radius 3 is 2.56 bits per heavy atom. The third kappa shape index (κ3) is 4.80. The maximum Gasteiger partial charge on any atom is 0.310 e. The van der Waals surface area contributed by atoms with E-state index in [1.165, 1.54) is 0 Å². The zero-order chi connectivity index (χ0) is 27.0. The van der Waals surface area contributed by atoms with Crippen LogP contribution in [0.5, 0.6) is 0 Å². The van der Waals surface area contributed by atoms with Crippen LogP contribution in [0.1, 0.15) is 53.9 Å². The number of rotatable bonds is 11. The molecule has 0 aliphatic carbocycles. The van der Waals surface area contributed by atoms with Crippen molar-refractivity contribution in [1.29, 1.82) is 0 Å². The number of nitrogens with zero attached hydrogens (tertiary/aromatic N) is 2. The highest BCUT2D eigenvalue weighted by Crippen LogP contribution is 2.68. The summed E-state index contributed by atoms with van der Waals surface area (Å²) in [4.78, 5) is 45.4. The van der Waals surface area contributed by atoms with Gasteiger partial charge in [0.1, 0.15) is 6.04 Å². The number of likely N-dealkylation sites (tertiary alicyclic amines) is 1. The first kappa shape index (κ1) is 29.2. The van der Waals surface area contributed by atoms with Gasteiger partial charge in [-0.3, -0.25) is 14.4 Å². The molecule has 3 heterocycles. The molecule has 2 amide bonds. The average molecular weight is 586 g/mol. The molecule has 3 fully saturated rings. The van der Waals surface area contributed by atoms with Crippen LogP contribution < -0.4 is 0 Å². The van der Waals surface area contributed by atoms with Crippen molar-refractivity contribution in [2.24, 2.45) is 17.8 Å². The molecule has 36 heavy (non-hydrogen) atoms. The average Bonchev–Trinajstić information content (AvgIpc) is 3.40. The standard InChI is InChI=1S/C27H41BrN2O5S/c1-8-11-13-35-25(34)19-20-23(32)30(18(15-31)16(4)10-3)22(27(20)14-17(28)21(19)36-27)24(33)29(12-9-2)26(5,6)7/h8-9,16-22,31H,1-2,10-15H2,3-7H3/t16-,17?,18-,19-,20-,21-,22?,27?/m0/s1. The van der Waals surface area contributed by atoms with E-state index in [9.17, 15) is 19.5 Å². The Balaban J connectivity index is 2.14. The van der Waals surface area contributed by atoms with Gasteiger partial charge in [0.25, 0.3) is 0 Å². The first-order valence-corrected chi connectivity index (χ1v) is 14.7. The second-order valence-corrected chi connectivity index (χ2v) is 13.9. The van der Waals surface area contributed by atoms with Crippen LogP contribution in [0.3, 0.4) is 0 Å². The number of amides is 2. The predicted molar refractivity (Wildman–Crippen MR) is 147 cm³/mol. The fourth-order valence-electron chi connectivity index (χ4n) is 6.10. The zero-order valence-electron chi connectivity index (χ0n) is 22.1. The summed E-state index contributed by atoms with van der Waals surface area (Å²) < 4.78 is 4.80. The second-order valence-electron chi connectivity index (χ2n) is 11.2. The molecule has 2 bridgehead atoms. The van der Waals surface area contributed by atoms with Crippen LogP contribution in [0.15, 0.2) is 25.3 Å². The fraction of sp³-hybridized carbons (Fsp3) is 0.741. The molecule has 3 unspecified atom stereocenters. The van der Waals surface area contributed by atoms with Crippen molar-refractivity contribution in [3.8, 4) is 0 Å². The molecule has 0 radical (unpaired) electrons. The van der Waals surface area contributed by atoms with Crippen LogP contribution in [0.4, 0.5) is 0 Å². The Kier molecular flexibility index (Phi) is 9.09. The summed E-state index contributed by atoms with van der Waals surface area (Å²) in [6.45, 7) is 17.7. The maximum atomic E-state index is 14.4. The number of hydrogen-bond donors (Lipinski definition) is 1. The lowest BCUT2D eigenvalue weighted by molar-refractivity contribution is -0.154. The van der Waals surface area contributed by atoms with Crippen molar-refractivity contribution in [3.63, 3.8) is 0 Å². The van der Waals surface area contributed by atoms with Crippen LogP contribution in [0.2, 0.25) is 0 Å². The van der Waals surface area contributed by atoms with E-state index < -0.39 is 40.2 Å². The molecule has 1 N–H and O–H groups in total. The van der Waals surface area contributed by atoms with Gasteiger partial charge in [-0.15, -0.1) is 24.9 Å². The van der Waals surface area contributed by atoms with Gasteiger partial charge in [0.2, 0.25) is 11.8 Å². The SMILES string of the molecule is C=CCCOC(=O)[C@H]1[C@H]2C(=O)N([C@@H](CO)[C@@H](C)CC)C(C(=O)N(CC=C)C(C)(C)C)C23CC(Br)[C@@H]1S3. The van der Waals surface area contributed by atoms with E-state index >= 15 is 0 Å². The van der Waals surface area contributed by atoms with Gasteiger partial charge >= 0.3 is 5.97 Å². The molecule has 9 heteroatoms. The summed E-state index contributed by atoms with van der Waals surface area (Å²) in [5.41, 5.74) is -0.502. The van der Waals surface area contributed by atoms with Crippen molar-refractivity contribution in [1.82, 2.24) is 9.80 Å². The van der Waals surface area contributed by atoms with Gasteiger partial charge in [-0.25, -0.2) is 0 Å². The van der Waals surface area contributed by atoms with Gasteiger partial charge < -0.3 is 19.6 Å². The third-order valence-electron chi connectivity index (χ3n) is 8.03. The van der Waals surface area contributed by atoms with Gasteiger partial charge in [0.15, 0.2) is 0 Å². The van der Waals surface area contributed by atoms with Crippen molar-refractivity contribution in [2.45, 2.75) is 86.3 Å². The van der Waals surface area contributed by atoms with Gasteiger partial charge in [-0.2, -0.15) is 0 Å². The lowest BCUT2D eigenvalue weighted by Crippen LogP contribution is -2.61. The summed E-state index contributed by atoms with van der Waals surface area (Å²) in [5.74, 6) is -2.12. The lowest BCUT2D eigenvalue weighted by atomic mass is 9.71. The van der Waals surface area contributed by atoms with Crippen LogP contribution in [0.25, 0.3) is 0 Å². The molecule has 3 aliphatic heterocycles. The molecule has 7 nitrogen and oxygen atoms in total. The summed E-state index contributed by atoms with van der Waals surface area (Å²) >= 11 is 5.36. The molecule has 3 aliphatic rings. The number of alkyl halides is 1. The van der Waals surface area contributed by atoms with E-state index in [0.717, 1.165) is 6.42 Å². The van der Waals surface area contributed by atoms with Crippen molar-refractivity contribution in [3.05, 3.63) is 25.3 Å². The van der Waals surface area contributed by atoms with E-state index in [1.54, 1.807) is 33.7 Å². The highest BCUT2D eigenvalue weighted by molar-refractivity contribution is 9.09. The number of hydrogen-bond acceptors (Lipinski definition) is 6. The number of fused-ring (bicyclic) bond motifs is 1. The Morgan fingerprint density at radius 2 is 2.03 bits per heavy atom. The minimum Gasteiger partial charge on any atom is -0.465 e. The van der Waals surface area contributed by atoms with Gasteiger partial charge in [-0.1, -0.05) is 48.4 Å². The number of ether oxygens (including phenoxy) is 1. The number of esters is 1. The van der Waals surface area contributed by atoms with E-state index in [-0.39, 0.29) is 41.0 Å². The van der Waals surface area contributed by atoms with Gasteiger partial charge in [-0.05, 0) is 39.5 Å². The largest absolute Gasteiger partial charge is 0.465 e. The van der Waals surface area contributed by atoms with Crippen LogP contribution >= 0.6 is 27.7 Å². The second kappa shape index (κ2) is 11.2. The molecule has 3 saturated heterocycles. The number of aliphatic hydroxyl groups excluding tert-OH is 1. The summed E-state index contributed by atoms with van der Waals surface area (Å²) in [5, 5.41) is 10.3. The van der Waals surface area contributed by atoms with Crippen molar-refractivity contribution < 1.29 is 24.2 Å². The van der Waals surface area contributed by atoms with Crippen LogP contribution in [0, 0.1) is 17.8 Å². The van der Waals surface area contributed by atoms with Gasteiger partial charge in [0, 0.05) is 22.2 Å². The monoisotopic (exact) mass is 584 g/mol. The molecular weight excluding hydrogens is 544 g/mol. The highest BCUT2D eigenvalue weighted by atomic mass is 79.9. The minimum atomic E-state index is -0.790. The van der Waals surface area contributed by atoms with Crippen LogP contribution in [-0.2, 0) is 19.1 Å². The predicted octanol–water partition coefficient (Wildman–Crippen LogP) is 3.79. The minimum absolute atomic E-state index is 0.0214. The molecular formula is C27H41BrN2O5S. The first-order chi connectivity index (χ1) is 16.9. The maximum absolute atomic E-state index is 14.4. The lowest BCUT2D eigenvalue weighted by Gasteiger charge is -2.44. The fourth-order valence-corrected chi connectivity index (χ4v) is 9.68. The smallest absolute Gasteiger partial charge is 0.310 e. The topological polar surface area (TPSA) is 87.1 Å². The summed E-state index contributed by atoms with van der Waals surface area (Å²) in [6.07, 6.45) is 5.25. The van der Waals surface area contributed by atoms with Crippen molar-refractivity contribution in [2.75, 3.05) is 19.8 Å². The molecule has 202 valence electrons. The summed E-state index contributed by atoms with van der Waals surface area (Å²) in [6, 6.07) is -1.31. The Hall–Kier alpha value is -1.32. The van der Waals surface area contributed by atoms with Gasteiger partial charge in [0.05, 0.1) is 35.8 Å². The molecule has 0 aromatic carbocycles. The highest BCUT2D eigenvalue weighted by Gasteiger charge is 2.77. The molecule has 3 rings (SSSR count). The number of thioether (sulfide) groups is 1. The number of carbonyl (C=O) groups is 3. The molecule has 0 saturated carbocycles. The zero-order valence-corrected chi connectivity index (χ0v) is 24.5. The molecule has 8 atom stereocenters. The normalized spacial score (nSPS) is 32.7. The molecule has 0 aromatic heterocycles. The Labute approximate surface area is 228 Å². The molecule has 1 spiro atoms. The number of halogens is 1. The quantitative estimate of drug-likeness (QED) is 0.172.